The lowest BCUT2D eigenvalue weighted by Crippen LogP contribution is -2.43. The highest BCUT2D eigenvalue weighted by molar-refractivity contribution is 14.0. The van der Waals surface area contributed by atoms with Gasteiger partial charge in [0.25, 0.3) is 0 Å². The van der Waals surface area contributed by atoms with Crippen molar-refractivity contribution in [2.75, 3.05) is 46.3 Å². The van der Waals surface area contributed by atoms with E-state index in [1.54, 1.807) is 0 Å². The van der Waals surface area contributed by atoms with E-state index in [0.29, 0.717) is 44.2 Å². The predicted octanol–water partition coefficient (Wildman–Crippen LogP) is 2.77. The van der Waals surface area contributed by atoms with Gasteiger partial charge in [0.1, 0.15) is 0 Å². The summed E-state index contributed by atoms with van der Waals surface area (Å²) in [6.07, 6.45) is -4.16. The number of hydrogen-bond acceptors (Lipinski definition) is 3. The van der Waals surface area contributed by atoms with Crippen LogP contribution in [0, 0.1) is 0 Å². The molecule has 0 saturated heterocycles. The van der Waals surface area contributed by atoms with E-state index in [-0.39, 0.29) is 24.0 Å². The third-order valence-electron chi connectivity index (χ3n) is 3.53. The molecular weight excluding hydrogens is 446 g/mol. The molecule has 0 saturated carbocycles. The van der Waals surface area contributed by atoms with Gasteiger partial charge < -0.3 is 10.6 Å². The molecule has 0 bridgehead atoms. The van der Waals surface area contributed by atoms with Gasteiger partial charge in [-0.15, -0.1) is 24.0 Å². The number of hydrogen-bond donors (Lipinski definition) is 2. The quantitative estimate of drug-likeness (QED) is 0.286. The summed E-state index contributed by atoms with van der Waals surface area (Å²) in [4.78, 5) is 8.10. The summed E-state index contributed by atoms with van der Waals surface area (Å²) in [7, 11) is 1.46. The fourth-order valence-electron chi connectivity index (χ4n) is 2.48. The van der Waals surface area contributed by atoms with Crippen LogP contribution in [0.3, 0.4) is 0 Å². The van der Waals surface area contributed by atoms with E-state index in [1.165, 1.54) is 11.9 Å². The molecule has 0 aliphatic heterocycles. The normalized spacial score (nSPS) is 12.9. The molecule has 2 N–H and O–H groups in total. The van der Waals surface area contributed by atoms with Crippen LogP contribution in [0.15, 0.2) is 4.99 Å². The largest absolute Gasteiger partial charge is 0.401 e. The molecule has 152 valence electrons. The smallest absolute Gasteiger partial charge is 0.357 e. The summed E-state index contributed by atoms with van der Waals surface area (Å²) in [6, 6.07) is 0.901. The van der Waals surface area contributed by atoms with Crippen LogP contribution in [-0.2, 0) is 0 Å². The van der Waals surface area contributed by atoms with Gasteiger partial charge in [-0.2, -0.15) is 13.2 Å². The first-order chi connectivity index (χ1) is 11.1. The SMILES string of the molecule is CCNC(=NCCN(C(C)C)C(C)C)NCCN(C)CC(F)(F)F.I. The minimum atomic E-state index is -4.16. The van der Waals surface area contributed by atoms with Crippen molar-refractivity contribution in [1.29, 1.82) is 0 Å². The average Bonchev–Trinajstić information content (AvgIpc) is 2.40. The molecule has 0 aromatic rings. The lowest BCUT2D eigenvalue weighted by molar-refractivity contribution is -0.142. The number of rotatable bonds is 10. The average molecular weight is 481 g/mol. The fraction of sp³-hybridized carbons (Fsp3) is 0.938. The Hall–Kier alpha value is -0.290. The monoisotopic (exact) mass is 481 g/mol. The molecule has 0 aliphatic rings. The summed E-state index contributed by atoms with van der Waals surface area (Å²) >= 11 is 0. The Kier molecular flexibility index (Phi) is 14.9. The topological polar surface area (TPSA) is 42.9 Å². The summed E-state index contributed by atoms with van der Waals surface area (Å²) < 4.78 is 36.8. The second-order valence-electron chi connectivity index (χ2n) is 6.47. The van der Waals surface area contributed by atoms with E-state index in [4.69, 9.17) is 0 Å². The van der Waals surface area contributed by atoms with E-state index < -0.39 is 12.7 Å². The molecular formula is C16H35F3IN5. The zero-order valence-corrected chi connectivity index (χ0v) is 18.6. The molecule has 0 heterocycles. The van der Waals surface area contributed by atoms with Gasteiger partial charge in [-0.25, -0.2) is 0 Å². The standard InChI is InChI=1S/C16H34F3N5.HI/c1-7-20-15(21-8-10-23(6)12-16(17,18)19)22-9-11-24(13(2)3)14(4)5;/h13-14H,7-12H2,1-6H3,(H2,20,21,22);1H. The molecule has 0 spiro atoms. The molecule has 5 nitrogen and oxygen atoms in total. The number of nitrogens with zero attached hydrogens (tertiary/aromatic N) is 3. The van der Waals surface area contributed by atoms with Crippen LogP contribution >= 0.6 is 24.0 Å². The minimum Gasteiger partial charge on any atom is -0.357 e. The van der Waals surface area contributed by atoms with Crippen molar-refractivity contribution < 1.29 is 13.2 Å². The van der Waals surface area contributed by atoms with Crippen LogP contribution in [0.25, 0.3) is 0 Å². The van der Waals surface area contributed by atoms with Crippen molar-refractivity contribution in [1.82, 2.24) is 20.4 Å². The van der Waals surface area contributed by atoms with Gasteiger partial charge in [-0.05, 0) is 41.7 Å². The molecule has 0 unspecified atom stereocenters. The molecule has 25 heavy (non-hydrogen) atoms. The van der Waals surface area contributed by atoms with Crippen LogP contribution in [0.4, 0.5) is 13.2 Å². The van der Waals surface area contributed by atoms with Crippen molar-refractivity contribution in [3.8, 4) is 0 Å². The Morgan fingerprint density at radius 3 is 2.04 bits per heavy atom. The highest BCUT2D eigenvalue weighted by atomic mass is 127. The first kappa shape index (κ1) is 26.9. The van der Waals surface area contributed by atoms with Crippen LogP contribution in [-0.4, -0.2) is 80.3 Å². The third kappa shape index (κ3) is 14.6. The Morgan fingerprint density at radius 2 is 1.60 bits per heavy atom. The minimum absolute atomic E-state index is 0. The molecule has 0 aliphatic carbocycles. The van der Waals surface area contributed by atoms with Gasteiger partial charge in [-0.1, -0.05) is 0 Å². The Bertz CT molecular complexity index is 354. The summed E-state index contributed by atoms with van der Waals surface area (Å²) in [5, 5.41) is 6.20. The van der Waals surface area contributed by atoms with Crippen LogP contribution in [0.1, 0.15) is 34.6 Å². The van der Waals surface area contributed by atoms with Gasteiger partial charge in [0.2, 0.25) is 0 Å². The summed E-state index contributed by atoms with van der Waals surface area (Å²) in [6.45, 7) is 12.6. The number of guanidine groups is 1. The third-order valence-corrected chi connectivity index (χ3v) is 3.53. The number of likely N-dealkylation sites (N-methyl/N-ethyl adjacent to an activating group) is 1. The molecule has 0 atom stereocenters. The first-order valence-electron chi connectivity index (χ1n) is 8.60. The predicted molar refractivity (Wildman–Crippen MR) is 110 cm³/mol. The maximum atomic E-state index is 12.3. The number of halogens is 4. The van der Waals surface area contributed by atoms with Gasteiger partial charge in [-0.3, -0.25) is 14.8 Å². The van der Waals surface area contributed by atoms with Gasteiger partial charge >= 0.3 is 6.18 Å². The molecule has 9 heteroatoms. The molecule has 0 amide bonds. The van der Waals surface area contributed by atoms with Gasteiger partial charge in [0, 0.05) is 38.3 Å². The van der Waals surface area contributed by atoms with Crippen LogP contribution < -0.4 is 10.6 Å². The first-order valence-corrected chi connectivity index (χ1v) is 8.60. The van der Waals surface area contributed by atoms with E-state index in [0.717, 1.165) is 6.54 Å². The van der Waals surface area contributed by atoms with Crippen molar-refractivity contribution in [3.63, 3.8) is 0 Å². The van der Waals surface area contributed by atoms with Crippen molar-refractivity contribution >= 4 is 29.9 Å². The number of alkyl halides is 3. The molecule has 0 rings (SSSR count). The van der Waals surface area contributed by atoms with Crippen molar-refractivity contribution in [3.05, 3.63) is 0 Å². The second kappa shape index (κ2) is 13.9. The Morgan fingerprint density at radius 1 is 1.04 bits per heavy atom. The molecule has 0 fully saturated rings. The summed E-state index contributed by atoms with van der Waals surface area (Å²) in [5.74, 6) is 0.644. The van der Waals surface area contributed by atoms with E-state index in [9.17, 15) is 13.2 Å². The van der Waals surface area contributed by atoms with Gasteiger partial charge in [0.15, 0.2) is 5.96 Å². The molecule has 0 aromatic carbocycles. The highest BCUT2D eigenvalue weighted by Gasteiger charge is 2.28. The number of aliphatic imine (C=N–C) groups is 1. The molecule has 0 radical (unpaired) electrons. The van der Waals surface area contributed by atoms with E-state index in [2.05, 4.69) is 48.2 Å². The molecule has 0 aromatic heterocycles. The van der Waals surface area contributed by atoms with Crippen molar-refractivity contribution in [2.45, 2.75) is 52.9 Å². The second-order valence-corrected chi connectivity index (χ2v) is 6.47. The maximum absolute atomic E-state index is 12.3. The maximum Gasteiger partial charge on any atom is 0.401 e. The lowest BCUT2D eigenvalue weighted by atomic mass is 10.2. The van der Waals surface area contributed by atoms with E-state index in [1.807, 2.05) is 6.92 Å². The zero-order chi connectivity index (χ0) is 18.8. The fourth-order valence-corrected chi connectivity index (χ4v) is 2.48. The zero-order valence-electron chi connectivity index (χ0n) is 16.3. The lowest BCUT2D eigenvalue weighted by Gasteiger charge is -2.29. The number of nitrogens with one attached hydrogen (secondary N) is 2. The van der Waals surface area contributed by atoms with Gasteiger partial charge in [0.05, 0.1) is 13.1 Å². The van der Waals surface area contributed by atoms with E-state index >= 15 is 0 Å². The Labute approximate surface area is 167 Å². The van der Waals surface area contributed by atoms with Crippen molar-refractivity contribution in [2.24, 2.45) is 4.99 Å². The summed E-state index contributed by atoms with van der Waals surface area (Å²) in [5.41, 5.74) is 0. The highest BCUT2D eigenvalue weighted by Crippen LogP contribution is 2.14. The Balaban J connectivity index is 0. The van der Waals surface area contributed by atoms with Crippen LogP contribution in [0.2, 0.25) is 0 Å². The van der Waals surface area contributed by atoms with Crippen LogP contribution in [0.5, 0.6) is 0 Å².